The highest BCUT2D eigenvalue weighted by molar-refractivity contribution is 6.21. The Labute approximate surface area is 249 Å². The summed E-state index contributed by atoms with van der Waals surface area (Å²) in [7, 11) is 0. The van der Waals surface area contributed by atoms with Crippen molar-refractivity contribution in [2.24, 2.45) is 5.92 Å². The Balaban J connectivity index is 1.18. The topological polar surface area (TPSA) is 96.4 Å². The standard InChI is InChI=1S/C35H32N2O6/c38-28-24-12-13-26(42-19-21-6-2-1-3-7-21)29-27(24)34-16-17-36(18-20-10-11-20)30(28)35(34,41)15-14-25(31(34)43-29)37-32(39)22-8-4-5-9-23(22)33(37)40/h1-9,12-13,20,25,30-31,41H,10-11,14-19H2/t25-,30-,31+,34+,35?/m1/s1. The zero-order valence-corrected chi connectivity index (χ0v) is 23.7. The molecule has 2 bridgehead atoms. The first kappa shape index (κ1) is 25.5. The number of hydrogen-bond acceptors (Lipinski definition) is 7. The summed E-state index contributed by atoms with van der Waals surface area (Å²) in [5.74, 6) is 0.781. The van der Waals surface area contributed by atoms with Crippen molar-refractivity contribution in [1.82, 2.24) is 9.80 Å². The predicted octanol–water partition coefficient (Wildman–Crippen LogP) is 4.13. The molecular formula is C35H32N2O6. The molecule has 1 N–H and O–H groups in total. The normalized spacial score (nSPS) is 32.0. The van der Waals surface area contributed by atoms with Crippen LogP contribution >= 0.6 is 0 Å². The number of fused-ring (bicyclic) bond motifs is 1. The van der Waals surface area contributed by atoms with Gasteiger partial charge in [0.1, 0.15) is 24.4 Å². The van der Waals surface area contributed by atoms with Crippen molar-refractivity contribution in [3.05, 3.63) is 94.5 Å². The van der Waals surface area contributed by atoms with Crippen LogP contribution in [0.2, 0.25) is 0 Å². The summed E-state index contributed by atoms with van der Waals surface area (Å²) in [6.07, 6.45) is 2.79. The highest BCUT2D eigenvalue weighted by Crippen LogP contribution is 2.66. The minimum absolute atomic E-state index is 0.0761. The van der Waals surface area contributed by atoms with E-state index in [9.17, 15) is 19.5 Å². The van der Waals surface area contributed by atoms with Crippen LogP contribution in [0.1, 0.15) is 74.3 Å². The van der Waals surface area contributed by atoms with Gasteiger partial charge in [-0.25, -0.2) is 0 Å². The molecule has 3 aromatic carbocycles. The summed E-state index contributed by atoms with van der Waals surface area (Å²) in [6, 6.07) is 19.1. The first-order valence-corrected chi connectivity index (χ1v) is 15.4. The molecule has 1 saturated heterocycles. The molecule has 3 aliphatic carbocycles. The zero-order chi connectivity index (χ0) is 29.1. The summed E-state index contributed by atoms with van der Waals surface area (Å²) in [5.41, 5.74) is 0.677. The lowest BCUT2D eigenvalue weighted by atomic mass is 9.48. The second-order valence-corrected chi connectivity index (χ2v) is 13.1. The van der Waals surface area contributed by atoms with E-state index in [1.807, 2.05) is 36.4 Å². The predicted molar refractivity (Wildman–Crippen MR) is 155 cm³/mol. The van der Waals surface area contributed by atoms with Crippen molar-refractivity contribution in [2.45, 2.75) is 67.9 Å². The van der Waals surface area contributed by atoms with E-state index in [4.69, 9.17) is 9.47 Å². The van der Waals surface area contributed by atoms with Crippen molar-refractivity contribution in [1.29, 1.82) is 0 Å². The number of rotatable bonds is 6. The summed E-state index contributed by atoms with van der Waals surface area (Å²) in [6.45, 7) is 1.74. The van der Waals surface area contributed by atoms with E-state index in [1.165, 1.54) is 4.90 Å². The highest BCUT2D eigenvalue weighted by Gasteiger charge is 2.76. The number of Topliss-reactive ketones (excluding diaryl/α,β-unsaturated/α-hetero) is 1. The van der Waals surface area contributed by atoms with Crippen molar-refractivity contribution < 1.29 is 29.0 Å². The monoisotopic (exact) mass is 576 g/mol. The summed E-state index contributed by atoms with van der Waals surface area (Å²) >= 11 is 0. The first-order valence-electron chi connectivity index (χ1n) is 15.4. The quantitative estimate of drug-likeness (QED) is 0.441. The van der Waals surface area contributed by atoms with Crippen LogP contribution in [0.15, 0.2) is 66.7 Å². The van der Waals surface area contributed by atoms with Crippen LogP contribution in [0.25, 0.3) is 0 Å². The maximum absolute atomic E-state index is 14.3. The van der Waals surface area contributed by atoms with Crippen LogP contribution in [0.3, 0.4) is 0 Å². The fourth-order valence-corrected chi connectivity index (χ4v) is 8.91. The van der Waals surface area contributed by atoms with Crippen molar-refractivity contribution in [3.63, 3.8) is 0 Å². The van der Waals surface area contributed by atoms with Gasteiger partial charge in [0.05, 0.1) is 22.6 Å². The molecule has 8 heteroatoms. The minimum Gasteiger partial charge on any atom is -0.485 e. The van der Waals surface area contributed by atoms with Gasteiger partial charge in [0.15, 0.2) is 17.3 Å². The Morgan fingerprint density at radius 2 is 1.58 bits per heavy atom. The second kappa shape index (κ2) is 8.77. The Morgan fingerprint density at radius 1 is 0.860 bits per heavy atom. The molecule has 0 radical (unpaired) electrons. The average Bonchev–Trinajstić information content (AvgIpc) is 3.72. The number of carbonyl (C=O) groups excluding carboxylic acids is 3. The van der Waals surface area contributed by atoms with Crippen LogP contribution in [0, 0.1) is 5.92 Å². The van der Waals surface area contributed by atoms with E-state index in [1.54, 1.807) is 30.3 Å². The van der Waals surface area contributed by atoms with Crippen LogP contribution < -0.4 is 9.47 Å². The fourth-order valence-electron chi connectivity index (χ4n) is 8.91. The number of amides is 2. The number of imide groups is 1. The molecule has 0 aromatic heterocycles. The van der Waals surface area contributed by atoms with Gasteiger partial charge in [-0.3, -0.25) is 24.2 Å². The molecule has 1 unspecified atom stereocenters. The molecule has 1 spiro atoms. The number of ketones is 1. The van der Waals surface area contributed by atoms with E-state index in [0.29, 0.717) is 65.7 Å². The number of ether oxygens (including phenoxy) is 2. The SMILES string of the molecule is O=C1c2ccc(OCc3ccccc3)c3c2[C@]24CCN(CC5CC5)[C@H]1C2(O)CC[C@@H](N1C(=O)c2ccccc2C1=O)[C@@H]4O3. The molecule has 3 heterocycles. The lowest BCUT2D eigenvalue weighted by Crippen LogP contribution is -2.79. The van der Waals surface area contributed by atoms with Gasteiger partial charge in [-0.2, -0.15) is 0 Å². The van der Waals surface area contributed by atoms with Gasteiger partial charge in [0, 0.05) is 24.2 Å². The van der Waals surface area contributed by atoms with Gasteiger partial charge in [0.2, 0.25) is 0 Å². The van der Waals surface area contributed by atoms with Gasteiger partial charge in [-0.05, 0) is 67.9 Å². The fraction of sp³-hybridized carbons (Fsp3) is 0.400. The van der Waals surface area contributed by atoms with Crippen LogP contribution in [-0.4, -0.2) is 69.4 Å². The molecule has 3 aliphatic heterocycles. The maximum Gasteiger partial charge on any atom is 0.261 e. The number of aliphatic hydroxyl groups is 1. The van der Waals surface area contributed by atoms with Crippen LogP contribution in [0.5, 0.6) is 11.5 Å². The maximum atomic E-state index is 14.3. The van der Waals surface area contributed by atoms with E-state index in [-0.39, 0.29) is 24.0 Å². The highest BCUT2D eigenvalue weighted by atomic mass is 16.5. The Morgan fingerprint density at radius 3 is 2.30 bits per heavy atom. The molecule has 43 heavy (non-hydrogen) atoms. The third-order valence-electron chi connectivity index (χ3n) is 11.0. The number of likely N-dealkylation sites (tertiary alicyclic amines) is 1. The molecule has 2 saturated carbocycles. The molecule has 8 nitrogen and oxygen atoms in total. The second-order valence-electron chi connectivity index (χ2n) is 13.1. The van der Waals surface area contributed by atoms with Crippen LogP contribution in [0.4, 0.5) is 0 Å². The summed E-state index contributed by atoms with van der Waals surface area (Å²) in [4.78, 5) is 45.4. The number of piperidine rings is 1. The van der Waals surface area contributed by atoms with Crippen molar-refractivity contribution in [2.75, 3.05) is 13.1 Å². The number of nitrogens with zero attached hydrogens (tertiary/aromatic N) is 2. The van der Waals surface area contributed by atoms with Gasteiger partial charge in [-0.15, -0.1) is 0 Å². The van der Waals surface area contributed by atoms with Crippen LogP contribution in [-0.2, 0) is 12.0 Å². The molecule has 6 aliphatic rings. The molecule has 2 amide bonds. The smallest absolute Gasteiger partial charge is 0.261 e. The Hall–Kier alpha value is -4.01. The van der Waals surface area contributed by atoms with E-state index in [2.05, 4.69) is 4.90 Å². The summed E-state index contributed by atoms with van der Waals surface area (Å²) < 4.78 is 13.2. The van der Waals surface area contributed by atoms with Gasteiger partial charge in [0.25, 0.3) is 11.8 Å². The molecule has 3 aromatic rings. The third kappa shape index (κ3) is 3.25. The number of hydrogen-bond donors (Lipinski definition) is 1. The van der Waals surface area contributed by atoms with Gasteiger partial charge >= 0.3 is 0 Å². The number of benzene rings is 3. The molecule has 218 valence electrons. The lowest BCUT2D eigenvalue weighted by Gasteiger charge is -2.63. The van der Waals surface area contributed by atoms with Crippen molar-refractivity contribution >= 4 is 17.6 Å². The van der Waals surface area contributed by atoms with E-state index >= 15 is 0 Å². The Bertz CT molecular complexity index is 1680. The third-order valence-corrected chi connectivity index (χ3v) is 11.0. The minimum atomic E-state index is -1.40. The van der Waals surface area contributed by atoms with Gasteiger partial charge in [-0.1, -0.05) is 42.5 Å². The zero-order valence-electron chi connectivity index (χ0n) is 23.7. The number of carbonyl (C=O) groups is 3. The van der Waals surface area contributed by atoms with E-state index in [0.717, 1.165) is 24.9 Å². The van der Waals surface area contributed by atoms with E-state index < -0.39 is 29.2 Å². The summed E-state index contributed by atoms with van der Waals surface area (Å²) in [5, 5.41) is 12.9. The average molecular weight is 577 g/mol. The van der Waals surface area contributed by atoms with Gasteiger partial charge < -0.3 is 14.6 Å². The molecule has 9 rings (SSSR count). The molecule has 3 fully saturated rings. The lowest BCUT2D eigenvalue weighted by molar-refractivity contribution is -0.182. The largest absolute Gasteiger partial charge is 0.485 e. The first-order chi connectivity index (χ1) is 20.9. The Kier molecular flexibility index (Phi) is 5.20. The molecular weight excluding hydrogens is 544 g/mol. The molecule has 5 atom stereocenters. The van der Waals surface area contributed by atoms with Crippen molar-refractivity contribution in [3.8, 4) is 11.5 Å².